The summed E-state index contributed by atoms with van der Waals surface area (Å²) in [6.07, 6.45) is 5.78. The predicted molar refractivity (Wildman–Crippen MR) is 73.1 cm³/mol. The first-order valence-corrected chi connectivity index (χ1v) is 7.11. The fraction of sp³-hybridized carbons (Fsp3) is 0.467. The van der Waals surface area contributed by atoms with Crippen molar-refractivity contribution in [2.75, 3.05) is 0 Å². The fourth-order valence-corrected chi connectivity index (χ4v) is 3.02. The molecular formula is C15H18FN3O. The second-order valence-electron chi connectivity index (χ2n) is 5.31. The minimum atomic E-state index is -0.293. The van der Waals surface area contributed by atoms with Gasteiger partial charge in [0.15, 0.2) is 0 Å². The molecule has 1 saturated carbocycles. The van der Waals surface area contributed by atoms with Crippen LogP contribution in [0.25, 0.3) is 5.69 Å². The van der Waals surface area contributed by atoms with Crippen LogP contribution in [0.15, 0.2) is 24.3 Å². The van der Waals surface area contributed by atoms with E-state index in [4.69, 9.17) is 0 Å². The summed E-state index contributed by atoms with van der Waals surface area (Å²) in [6.45, 7) is -0.124. The van der Waals surface area contributed by atoms with Crippen molar-refractivity contribution in [2.24, 2.45) is 0 Å². The van der Waals surface area contributed by atoms with E-state index in [1.807, 2.05) is 6.07 Å². The van der Waals surface area contributed by atoms with Gasteiger partial charge < -0.3 is 5.11 Å². The lowest BCUT2D eigenvalue weighted by atomic mass is 9.86. The van der Waals surface area contributed by atoms with E-state index in [1.165, 1.54) is 31.4 Å². The molecule has 0 amide bonds. The fourth-order valence-electron chi connectivity index (χ4n) is 3.02. The van der Waals surface area contributed by atoms with Crippen LogP contribution in [0, 0.1) is 5.82 Å². The Balaban J connectivity index is 2.04. The normalized spacial score (nSPS) is 16.5. The molecular weight excluding hydrogens is 257 g/mol. The number of aromatic nitrogens is 3. The first kappa shape index (κ1) is 13.2. The van der Waals surface area contributed by atoms with Crippen LogP contribution >= 0.6 is 0 Å². The van der Waals surface area contributed by atoms with Crippen molar-refractivity contribution in [3.8, 4) is 5.69 Å². The average Bonchev–Trinajstić information content (AvgIpc) is 2.92. The van der Waals surface area contributed by atoms with E-state index in [-0.39, 0.29) is 12.4 Å². The van der Waals surface area contributed by atoms with Gasteiger partial charge in [0.1, 0.15) is 11.5 Å². The van der Waals surface area contributed by atoms with Crippen LogP contribution in [0.4, 0.5) is 4.39 Å². The lowest BCUT2D eigenvalue weighted by Crippen LogP contribution is -2.13. The number of hydrogen-bond acceptors (Lipinski definition) is 3. The molecule has 0 aliphatic heterocycles. The Morgan fingerprint density at radius 1 is 1.25 bits per heavy atom. The van der Waals surface area contributed by atoms with Gasteiger partial charge in [0, 0.05) is 5.92 Å². The monoisotopic (exact) mass is 275 g/mol. The van der Waals surface area contributed by atoms with E-state index >= 15 is 0 Å². The summed E-state index contributed by atoms with van der Waals surface area (Å²) >= 11 is 0. The predicted octanol–water partition coefficient (Wildman–Crippen LogP) is 2.95. The van der Waals surface area contributed by atoms with Crippen molar-refractivity contribution in [1.29, 1.82) is 0 Å². The van der Waals surface area contributed by atoms with E-state index in [1.54, 1.807) is 10.7 Å². The molecule has 1 aliphatic rings. The minimum absolute atomic E-state index is 0.124. The van der Waals surface area contributed by atoms with Crippen molar-refractivity contribution in [2.45, 2.75) is 44.6 Å². The molecule has 5 heteroatoms. The summed E-state index contributed by atoms with van der Waals surface area (Å²) in [7, 11) is 0. The number of benzene rings is 1. The lowest BCUT2D eigenvalue weighted by molar-refractivity contribution is 0.273. The van der Waals surface area contributed by atoms with E-state index in [0.29, 0.717) is 17.3 Å². The molecule has 1 aromatic carbocycles. The molecule has 106 valence electrons. The summed E-state index contributed by atoms with van der Waals surface area (Å²) in [5, 5.41) is 17.6. The number of rotatable bonds is 3. The molecule has 1 aromatic heterocycles. The number of halogens is 1. The van der Waals surface area contributed by atoms with Gasteiger partial charge >= 0.3 is 0 Å². The van der Waals surface area contributed by atoms with E-state index in [0.717, 1.165) is 18.5 Å². The lowest BCUT2D eigenvalue weighted by Gasteiger charge is -2.23. The summed E-state index contributed by atoms with van der Waals surface area (Å²) < 4.78 is 15.1. The van der Waals surface area contributed by atoms with Gasteiger partial charge in [-0.25, -0.2) is 9.07 Å². The quantitative estimate of drug-likeness (QED) is 0.937. The number of aliphatic hydroxyl groups excluding tert-OH is 1. The molecule has 1 N–H and O–H groups in total. The van der Waals surface area contributed by atoms with Gasteiger partial charge in [-0.05, 0) is 31.0 Å². The van der Waals surface area contributed by atoms with Gasteiger partial charge in [-0.2, -0.15) is 0 Å². The Bertz CT molecular complexity index is 591. The van der Waals surface area contributed by atoms with Crippen LogP contribution in [0.1, 0.15) is 49.4 Å². The number of aliphatic hydroxyl groups is 1. The van der Waals surface area contributed by atoms with Crippen molar-refractivity contribution in [3.05, 3.63) is 41.5 Å². The van der Waals surface area contributed by atoms with E-state index < -0.39 is 0 Å². The Morgan fingerprint density at radius 2 is 2.05 bits per heavy atom. The van der Waals surface area contributed by atoms with Gasteiger partial charge in [-0.1, -0.05) is 30.5 Å². The number of hydrogen-bond donors (Lipinski definition) is 1. The van der Waals surface area contributed by atoms with E-state index in [2.05, 4.69) is 10.3 Å². The molecule has 4 nitrogen and oxygen atoms in total. The van der Waals surface area contributed by atoms with Crippen molar-refractivity contribution >= 4 is 0 Å². The molecule has 0 saturated heterocycles. The largest absolute Gasteiger partial charge is 0.390 e. The molecule has 0 spiro atoms. The summed E-state index contributed by atoms with van der Waals surface area (Å²) in [5.74, 6) is 0.0577. The Hall–Kier alpha value is -1.75. The molecule has 0 atom stereocenters. The van der Waals surface area contributed by atoms with Crippen molar-refractivity contribution in [1.82, 2.24) is 15.0 Å². The van der Waals surface area contributed by atoms with Gasteiger partial charge in [0.25, 0.3) is 0 Å². The zero-order valence-corrected chi connectivity index (χ0v) is 11.3. The molecule has 0 radical (unpaired) electrons. The maximum Gasteiger partial charge on any atom is 0.125 e. The molecule has 1 aliphatic carbocycles. The summed E-state index contributed by atoms with van der Waals surface area (Å²) in [4.78, 5) is 0. The van der Waals surface area contributed by atoms with Gasteiger partial charge in [0.05, 0.1) is 18.0 Å². The molecule has 1 heterocycles. The average molecular weight is 275 g/mol. The molecule has 0 unspecified atom stereocenters. The van der Waals surface area contributed by atoms with Crippen molar-refractivity contribution < 1.29 is 9.50 Å². The third kappa shape index (κ3) is 2.45. The van der Waals surface area contributed by atoms with Gasteiger partial charge in [-0.3, -0.25) is 0 Å². The van der Waals surface area contributed by atoms with Crippen LogP contribution in [0.3, 0.4) is 0 Å². The molecule has 0 bridgehead atoms. The third-order valence-electron chi connectivity index (χ3n) is 3.97. The maximum atomic E-state index is 13.4. The smallest absolute Gasteiger partial charge is 0.125 e. The van der Waals surface area contributed by atoms with E-state index in [9.17, 15) is 9.50 Å². The second-order valence-corrected chi connectivity index (χ2v) is 5.31. The molecule has 20 heavy (non-hydrogen) atoms. The number of nitrogens with zero attached hydrogens (tertiary/aromatic N) is 3. The maximum absolute atomic E-state index is 13.4. The van der Waals surface area contributed by atoms with Crippen LogP contribution in [-0.2, 0) is 6.61 Å². The highest BCUT2D eigenvalue weighted by Crippen LogP contribution is 2.34. The summed E-state index contributed by atoms with van der Waals surface area (Å²) in [6, 6.07) is 6.33. The zero-order valence-electron chi connectivity index (χ0n) is 11.3. The first-order valence-electron chi connectivity index (χ1n) is 7.11. The van der Waals surface area contributed by atoms with Gasteiger partial charge in [-0.15, -0.1) is 5.10 Å². The highest BCUT2D eigenvalue weighted by Gasteiger charge is 2.24. The van der Waals surface area contributed by atoms with Crippen LogP contribution in [0.2, 0.25) is 0 Å². The second kappa shape index (κ2) is 5.71. The summed E-state index contributed by atoms with van der Waals surface area (Å²) in [5.41, 5.74) is 2.22. The SMILES string of the molecule is OCc1nnn(-c2cccc(F)c2)c1C1CCCCC1. The van der Waals surface area contributed by atoms with Crippen LogP contribution in [0.5, 0.6) is 0 Å². The van der Waals surface area contributed by atoms with Crippen molar-refractivity contribution in [3.63, 3.8) is 0 Å². The molecule has 3 rings (SSSR count). The van der Waals surface area contributed by atoms with Crippen LogP contribution < -0.4 is 0 Å². The molecule has 2 aromatic rings. The Labute approximate surface area is 117 Å². The molecule has 1 fully saturated rings. The Morgan fingerprint density at radius 3 is 2.75 bits per heavy atom. The standard InChI is InChI=1S/C15H18FN3O/c16-12-7-4-8-13(9-12)19-15(14(10-20)17-18-19)11-5-2-1-3-6-11/h4,7-9,11,20H,1-3,5-6,10H2. The minimum Gasteiger partial charge on any atom is -0.390 e. The highest BCUT2D eigenvalue weighted by molar-refractivity contribution is 5.35. The topological polar surface area (TPSA) is 50.9 Å². The third-order valence-corrected chi connectivity index (χ3v) is 3.97. The van der Waals surface area contributed by atoms with Gasteiger partial charge in [0.2, 0.25) is 0 Å². The first-order chi connectivity index (χ1) is 9.79. The zero-order chi connectivity index (χ0) is 13.9. The highest BCUT2D eigenvalue weighted by atomic mass is 19.1. The van der Waals surface area contributed by atoms with Crippen LogP contribution in [-0.4, -0.2) is 20.1 Å². The Kier molecular flexibility index (Phi) is 3.78.